The normalized spacial score (nSPS) is 11.0. The molecule has 0 saturated heterocycles. The third-order valence-electron chi connectivity index (χ3n) is 2.89. The van der Waals surface area contributed by atoms with Crippen LogP contribution >= 0.6 is 0 Å². The molecule has 0 radical (unpaired) electrons. The van der Waals surface area contributed by atoms with E-state index >= 15 is 0 Å². The second kappa shape index (κ2) is 3.80. The average Bonchev–Trinajstić information content (AvgIpc) is 2.69. The van der Waals surface area contributed by atoms with Gasteiger partial charge in [0.15, 0.2) is 0 Å². The molecule has 0 amide bonds. The van der Waals surface area contributed by atoms with Crippen LogP contribution < -0.4 is 5.73 Å². The summed E-state index contributed by atoms with van der Waals surface area (Å²) in [7, 11) is 1.97. The minimum absolute atomic E-state index is 0.297. The molecule has 0 fully saturated rings. The van der Waals surface area contributed by atoms with Gasteiger partial charge >= 0.3 is 0 Å². The lowest BCUT2D eigenvalue weighted by Crippen LogP contribution is -1.98. The molecule has 0 aliphatic carbocycles. The van der Waals surface area contributed by atoms with E-state index in [0.29, 0.717) is 5.95 Å². The first-order valence-corrected chi connectivity index (χ1v) is 5.66. The maximum Gasteiger partial charge on any atom is 0.220 e. The molecule has 5 heteroatoms. The van der Waals surface area contributed by atoms with Gasteiger partial charge in [-0.15, -0.1) is 0 Å². The van der Waals surface area contributed by atoms with Crippen LogP contribution in [0.5, 0.6) is 0 Å². The van der Waals surface area contributed by atoms with Gasteiger partial charge in [0.05, 0.1) is 23.1 Å². The summed E-state index contributed by atoms with van der Waals surface area (Å²) < 4.78 is 1.98. The monoisotopic (exact) mass is 239 g/mol. The summed E-state index contributed by atoms with van der Waals surface area (Å²) in [6.07, 6.45) is 1.80. The number of hydrogen-bond acceptors (Lipinski definition) is 4. The number of nitrogens with zero attached hydrogens (tertiary/aromatic N) is 4. The van der Waals surface area contributed by atoms with Crippen LogP contribution in [0.25, 0.3) is 22.3 Å². The Morgan fingerprint density at radius 3 is 2.78 bits per heavy atom. The van der Waals surface area contributed by atoms with Crippen LogP contribution in [0.1, 0.15) is 5.69 Å². The fourth-order valence-electron chi connectivity index (χ4n) is 2.03. The third-order valence-corrected chi connectivity index (χ3v) is 2.89. The van der Waals surface area contributed by atoms with Crippen molar-refractivity contribution >= 4 is 17.0 Å². The van der Waals surface area contributed by atoms with Gasteiger partial charge in [-0.3, -0.25) is 0 Å². The van der Waals surface area contributed by atoms with Gasteiger partial charge in [-0.2, -0.15) is 0 Å². The summed E-state index contributed by atoms with van der Waals surface area (Å²) >= 11 is 0. The first kappa shape index (κ1) is 10.7. The molecule has 0 atom stereocenters. The highest BCUT2D eigenvalue weighted by Crippen LogP contribution is 2.22. The Hall–Kier alpha value is -2.43. The van der Waals surface area contributed by atoms with Crippen LogP contribution in [0, 0.1) is 6.92 Å². The molecule has 18 heavy (non-hydrogen) atoms. The zero-order valence-corrected chi connectivity index (χ0v) is 10.3. The maximum atomic E-state index is 5.67. The fourth-order valence-corrected chi connectivity index (χ4v) is 2.03. The molecule has 2 N–H and O–H groups in total. The van der Waals surface area contributed by atoms with Crippen molar-refractivity contribution in [3.05, 3.63) is 36.3 Å². The molecule has 3 rings (SSSR count). The first-order chi connectivity index (χ1) is 8.63. The quantitative estimate of drug-likeness (QED) is 0.704. The molecule has 2 heterocycles. The van der Waals surface area contributed by atoms with E-state index in [1.807, 2.05) is 42.8 Å². The highest BCUT2D eigenvalue weighted by atomic mass is 15.0. The highest BCUT2D eigenvalue weighted by Gasteiger charge is 2.06. The van der Waals surface area contributed by atoms with E-state index in [4.69, 9.17) is 5.73 Å². The van der Waals surface area contributed by atoms with Gasteiger partial charge in [0.25, 0.3) is 0 Å². The minimum Gasteiger partial charge on any atom is -0.368 e. The SMILES string of the molecule is Cc1cc(-c2ccc3c(c2)ncn3C)nc(N)n1. The molecular weight excluding hydrogens is 226 g/mol. The van der Waals surface area contributed by atoms with Crippen molar-refractivity contribution < 1.29 is 0 Å². The summed E-state index contributed by atoms with van der Waals surface area (Å²) in [5.41, 5.74) is 10.4. The molecule has 90 valence electrons. The van der Waals surface area contributed by atoms with E-state index in [2.05, 4.69) is 15.0 Å². The molecule has 0 unspecified atom stereocenters. The zero-order valence-electron chi connectivity index (χ0n) is 10.3. The fraction of sp³-hybridized carbons (Fsp3) is 0.154. The van der Waals surface area contributed by atoms with Gasteiger partial charge in [0.1, 0.15) is 0 Å². The molecule has 5 nitrogen and oxygen atoms in total. The lowest BCUT2D eigenvalue weighted by molar-refractivity contribution is 0.948. The van der Waals surface area contributed by atoms with Crippen LogP contribution in [0.4, 0.5) is 5.95 Å². The molecule has 0 aliphatic heterocycles. The topological polar surface area (TPSA) is 69.6 Å². The molecule has 0 aliphatic rings. The van der Waals surface area contributed by atoms with Gasteiger partial charge in [-0.05, 0) is 25.1 Å². The lowest BCUT2D eigenvalue weighted by Gasteiger charge is -2.03. The Balaban J connectivity index is 2.18. The highest BCUT2D eigenvalue weighted by molar-refractivity contribution is 5.81. The van der Waals surface area contributed by atoms with E-state index in [-0.39, 0.29) is 0 Å². The second-order valence-corrected chi connectivity index (χ2v) is 4.31. The average molecular weight is 239 g/mol. The number of rotatable bonds is 1. The van der Waals surface area contributed by atoms with Crippen LogP contribution in [0.15, 0.2) is 30.6 Å². The maximum absolute atomic E-state index is 5.67. The Labute approximate surface area is 104 Å². The summed E-state index contributed by atoms with van der Waals surface area (Å²) in [5, 5.41) is 0. The van der Waals surface area contributed by atoms with Crippen molar-refractivity contribution in [1.29, 1.82) is 0 Å². The molecule has 1 aromatic carbocycles. The Kier molecular flexibility index (Phi) is 2.26. The number of aryl methyl sites for hydroxylation is 2. The van der Waals surface area contributed by atoms with Crippen molar-refractivity contribution in [1.82, 2.24) is 19.5 Å². The molecule has 0 bridgehead atoms. The Morgan fingerprint density at radius 1 is 1.17 bits per heavy atom. The first-order valence-electron chi connectivity index (χ1n) is 5.66. The molecule has 2 aromatic heterocycles. The number of nitrogens with two attached hydrogens (primary N) is 1. The predicted octanol–water partition coefficient (Wildman–Crippen LogP) is 1.92. The van der Waals surface area contributed by atoms with E-state index in [0.717, 1.165) is 28.0 Å². The molecule has 0 spiro atoms. The van der Waals surface area contributed by atoms with Crippen LogP contribution in [-0.4, -0.2) is 19.5 Å². The smallest absolute Gasteiger partial charge is 0.220 e. The third kappa shape index (κ3) is 1.69. The van der Waals surface area contributed by atoms with Crippen LogP contribution in [-0.2, 0) is 7.05 Å². The Morgan fingerprint density at radius 2 is 2.00 bits per heavy atom. The number of imidazole rings is 1. The van der Waals surface area contributed by atoms with Gasteiger partial charge in [-0.1, -0.05) is 6.07 Å². The summed E-state index contributed by atoms with van der Waals surface area (Å²) in [4.78, 5) is 12.7. The number of hydrogen-bond donors (Lipinski definition) is 1. The van der Waals surface area contributed by atoms with E-state index in [1.54, 1.807) is 6.33 Å². The molecular formula is C13H13N5. The summed E-state index contributed by atoms with van der Waals surface area (Å²) in [6, 6.07) is 7.98. The number of nitrogen functional groups attached to an aromatic ring is 1. The van der Waals surface area contributed by atoms with Crippen molar-refractivity contribution in [2.24, 2.45) is 7.05 Å². The van der Waals surface area contributed by atoms with Crippen LogP contribution in [0.2, 0.25) is 0 Å². The van der Waals surface area contributed by atoms with Gasteiger partial charge in [-0.25, -0.2) is 15.0 Å². The van der Waals surface area contributed by atoms with Crippen molar-refractivity contribution in [3.8, 4) is 11.3 Å². The van der Waals surface area contributed by atoms with Gasteiger partial charge in [0.2, 0.25) is 5.95 Å². The predicted molar refractivity (Wildman–Crippen MR) is 70.9 cm³/mol. The van der Waals surface area contributed by atoms with E-state index < -0.39 is 0 Å². The number of anilines is 1. The largest absolute Gasteiger partial charge is 0.368 e. The van der Waals surface area contributed by atoms with E-state index in [9.17, 15) is 0 Å². The van der Waals surface area contributed by atoms with Crippen LogP contribution in [0.3, 0.4) is 0 Å². The van der Waals surface area contributed by atoms with Crippen molar-refractivity contribution in [3.63, 3.8) is 0 Å². The van der Waals surface area contributed by atoms with Gasteiger partial charge in [0, 0.05) is 18.3 Å². The summed E-state index contributed by atoms with van der Waals surface area (Å²) in [5.74, 6) is 0.297. The Bertz CT molecular complexity index is 709. The zero-order chi connectivity index (χ0) is 12.7. The minimum atomic E-state index is 0.297. The van der Waals surface area contributed by atoms with Crippen molar-refractivity contribution in [2.75, 3.05) is 5.73 Å². The lowest BCUT2D eigenvalue weighted by atomic mass is 10.1. The number of aromatic nitrogens is 4. The summed E-state index contributed by atoms with van der Waals surface area (Å²) in [6.45, 7) is 1.90. The number of fused-ring (bicyclic) bond motifs is 1. The van der Waals surface area contributed by atoms with Gasteiger partial charge < -0.3 is 10.3 Å². The van der Waals surface area contributed by atoms with E-state index in [1.165, 1.54) is 0 Å². The standard InChI is InChI=1S/C13H13N5/c1-8-5-10(17-13(14)16-8)9-3-4-12-11(6-9)15-7-18(12)2/h3-7H,1-2H3,(H2,14,16,17). The van der Waals surface area contributed by atoms with Crippen molar-refractivity contribution in [2.45, 2.75) is 6.92 Å². The molecule has 3 aromatic rings. The second-order valence-electron chi connectivity index (χ2n) is 4.31. The molecule has 0 saturated carbocycles. The number of benzene rings is 1.